The molecule has 2 aromatic rings. The van der Waals surface area contributed by atoms with E-state index < -0.39 is 0 Å². The Kier molecular flexibility index (Phi) is 4.42. The van der Waals surface area contributed by atoms with Crippen LogP contribution in [0.4, 0.5) is 0 Å². The van der Waals surface area contributed by atoms with Crippen LogP contribution in [-0.2, 0) is 0 Å². The Hall–Kier alpha value is -1.89. The van der Waals surface area contributed by atoms with Gasteiger partial charge in [0.15, 0.2) is 0 Å². The van der Waals surface area contributed by atoms with Gasteiger partial charge in [-0.05, 0) is 54.6 Å². The van der Waals surface area contributed by atoms with Crippen molar-refractivity contribution in [2.75, 3.05) is 6.54 Å². The summed E-state index contributed by atoms with van der Waals surface area (Å²) in [7, 11) is 0. The summed E-state index contributed by atoms with van der Waals surface area (Å²) in [6, 6.07) is 10.2. The minimum atomic E-state index is 0.381. The van der Waals surface area contributed by atoms with Crippen LogP contribution >= 0.6 is 11.6 Å². The van der Waals surface area contributed by atoms with Crippen molar-refractivity contribution in [3.8, 4) is 17.2 Å². The lowest BCUT2D eigenvalue weighted by molar-refractivity contribution is 0.495. The van der Waals surface area contributed by atoms with Crippen LogP contribution < -0.4 is 5.32 Å². The molecule has 1 aliphatic carbocycles. The first-order valence-corrected chi connectivity index (χ1v) is 7.99. The van der Waals surface area contributed by atoms with Gasteiger partial charge in [-0.25, -0.2) is 0 Å². The molecule has 0 spiro atoms. The fraction of sp³-hybridized carbons (Fsp3) is 0.333. The van der Waals surface area contributed by atoms with Gasteiger partial charge in [0.2, 0.25) is 0 Å². The minimum absolute atomic E-state index is 0.381. The molecule has 1 N–H and O–H groups in total. The zero-order chi connectivity index (χ0) is 15.5. The third kappa shape index (κ3) is 3.14. The number of hydrogen-bond donors (Lipinski definition) is 1. The van der Waals surface area contributed by atoms with Gasteiger partial charge in [0.05, 0.1) is 10.6 Å². The van der Waals surface area contributed by atoms with Crippen LogP contribution in [0.15, 0.2) is 36.7 Å². The molecule has 1 fully saturated rings. The average Bonchev–Trinajstić information content (AvgIpc) is 3.37. The molecule has 0 aliphatic heterocycles. The summed E-state index contributed by atoms with van der Waals surface area (Å²) < 4.78 is 0. The number of nitriles is 1. The van der Waals surface area contributed by atoms with Gasteiger partial charge < -0.3 is 5.32 Å². The van der Waals surface area contributed by atoms with Gasteiger partial charge in [0.1, 0.15) is 6.07 Å². The number of nitrogens with one attached hydrogen (secondary N) is 1. The van der Waals surface area contributed by atoms with Gasteiger partial charge in [-0.15, -0.1) is 0 Å². The van der Waals surface area contributed by atoms with Crippen molar-refractivity contribution in [3.05, 3.63) is 52.8 Å². The normalized spacial score (nSPS) is 15.3. The number of nitrogens with zero attached hydrogens (tertiary/aromatic N) is 2. The van der Waals surface area contributed by atoms with Crippen molar-refractivity contribution in [3.63, 3.8) is 0 Å². The zero-order valence-corrected chi connectivity index (χ0v) is 13.3. The molecule has 3 rings (SSSR count). The first-order chi connectivity index (χ1) is 10.7. The Morgan fingerprint density at radius 2 is 2.14 bits per heavy atom. The Labute approximate surface area is 136 Å². The highest BCUT2D eigenvalue weighted by Crippen LogP contribution is 2.41. The summed E-state index contributed by atoms with van der Waals surface area (Å²) in [6.07, 6.45) is 6.35. The van der Waals surface area contributed by atoms with Gasteiger partial charge in [-0.1, -0.05) is 24.6 Å². The average molecular weight is 312 g/mol. The molecule has 0 bridgehead atoms. The molecule has 0 amide bonds. The fourth-order valence-electron chi connectivity index (χ4n) is 2.78. The summed E-state index contributed by atoms with van der Waals surface area (Å²) >= 11 is 6.14. The van der Waals surface area contributed by atoms with Gasteiger partial charge in [-0.2, -0.15) is 5.26 Å². The standard InChI is InChI=1S/C18H18ClN3/c1-2-22-18(12-3-4-12)16-7-15(10-21-11-16)13-5-6-14(9-20)17(19)8-13/h5-8,10-12,18,22H,2-4H2,1H3. The third-order valence-electron chi connectivity index (χ3n) is 4.06. The van der Waals surface area contributed by atoms with Gasteiger partial charge >= 0.3 is 0 Å². The van der Waals surface area contributed by atoms with E-state index in [9.17, 15) is 0 Å². The van der Waals surface area contributed by atoms with Crippen LogP contribution in [0.3, 0.4) is 0 Å². The van der Waals surface area contributed by atoms with E-state index in [2.05, 4.69) is 29.4 Å². The molecule has 4 heteroatoms. The maximum absolute atomic E-state index is 8.97. The van der Waals surface area contributed by atoms with E-state index in [0.717, 1.165) is 23.6 Å². The van der Waals surface area contributed by atoms with Crippen LogP contribution in [0.5, 0.6) is 0 Å². The van der Waals surface area contributed by atoms with Crippen LogP contribution in [0.1, 0.15) is 36.9 Å². The first kappa shape index (κ1) is 15.0. The number of benzene rings is 1. The molecule has 22 heavy (non-hydrogen) atoms. The summed E-state index contributed by atoms with van der Waals surface area (Å²) in [4.78, 5) is 4.40. The highest BCUT2D eigenvalue weighted by molar-refractivity contribution is 6.32. The number of rotatable bonds is 5. The molecule has 1 atom stereocenters. The quantitative estimate of drug-likeness (QED) is 0.894. The van der Waals surface area contributed by atoms with E-state index >= 15 is 0 Å². The molecular weight excluding hydrogens is 294 g/mol. The topological polar surface area (TPSA) is 48.7 Å². The zero-order valence-electron chi connectivity index (χ0n) is 12.5. The highest BCUT2D eigenvalue weighted by atomic mass is 35.5. The first-order valence-electron chi connectivity index (χ1n) is 7.61. The molecule has 3 nitrogen and oxygen atoms in total. The van der Waals surface area contributed by atoms with Crippen molar-refractivity contribution in [1.82, 2.24) is 10.3 Å². The van der Waals surface area contributed by atoms with Gasteiger partial charge in [-0.3, -0.25) is 4.98 Å². The van der Waals surface area contributed by atoms with Gasteiger partial charge in [0.25, 0.3) is 0 Å². The van der Waals surface area contributed by atoms with Gasteiger partial charge in [0, 0.05) is 24.0 Å². The summed E-state index contributed by atoms with van der Waals surface area (Å²) in [5, 5.41) is 13.0. The van der Waals surface area contributed by atoms with Crippen LogP contribution in [0.2, 0.25) is 5.02 Å². The highest BCUT2D eigenvalue weighted by Gasteiger charge is 2.31. The lowest BCUT2D eigenvalue weighted by Gasteiger charge is -2.18. The molecule has 0 saturated heterocycles. The van der Waals surface area contributed by atoms with E-state index in [-0.39, 0.29) is 0 Å². The molecule has 1 aromatic heterocycles. The Morgan fingerprint density at radius 1 is 1.32 bits per heavy atom. The number of aromatic nitrogens is 1. The molecule has 0 radical (unpaired) electrons. The molecular formula is C18H18ClN3. The molecule has 1 unspecified atom stereocenters. The second-order valence-corrected chi connectivity index (χ2v) is 6.09. The van der Waals surface area contributed by atoms with Crippen molar-refractivity contribution < 1.29 is 0 Å². The number of halogens is 1. The van der Waals surface area contributed by atoms with E-state index in [1.54, 1.807) is 6.07 Å². The van der Waals surface area contributed by atoms with Crippen LogP contribution in [-0.4, -0.2) is 11.5 Å². The predicted octanol–water partition coefficient (Wildman–Crippen LogP) is 4.33. The van der Waals surface area contributed by atoms with E-state index in [0.29, 0.717) is 16.6 Å². The third-order valence-corrected chi connectivity index (χ3v) is 4.37. The molecule has 112 valence electrons. The predicted molar refractivity (Wildman–Crippen MR) is 88.5 cm³/mol. The maximum Gasteiger partial charge on any atom is 0.101 e. The minimum Gasteiger partial charge on any atom is -0.310 e. The smallest absolute Gasteiger partial charge is 0.101 e. The van der Waals surface area contributed by atoms with Crippen molar-refractivity contribution in [1.29, 1.82) is 5.26 Å². The number of pyridine rings is 1. The summed E-state index contributed by atoms with van der Waals surface area (Å²) in [5.41, 5.74) is 3.75. The summed E-state index contributed by atoms with van der Waals surface area (Å²) in [6.45, 7) is 3.08. The molecule has 1 aromatic carbocycles. The second kappa shape index (κ2) is 6.48. The monoisotopic (exact) mass is 311 g/mol. The largest absolute Gasteiger partial charge is 0.310 e. The molecule has 1 aliphatic rings. The van der Waals surface area contributed by atoms with E-state index in [4.69, 9.17) is 16.9 Å². The Bertz CT molecular complexity index is 717. The Morgan fingerprint density at radius 3 is 2.77 bits per heavy atom. The van der Waals surface area contributed by atoms with Crippen molar-refractivity contribution in [2.24, 2.45) is 5.92 Å². The van der Waals surface area contributed by atoms with E-state index in [1.807, 2.05) is 24.5 Å². The SMILES string of the molecule is CCNC(c1cncc(-c2ccc(C#N)c(Cl)c2)c1)C1CC1. The van der Waals surface area contributed by atoms with E-state index in [1.165, 1.54) is 18.4 Å². The second-order valence-electron chi connectivity index (χ2n) is 5.69. The molecule has 1 heterocycles. The maximum atomic E-state index is 8.97. The summed E-state index contributed by atoms with van der Waals surface area (Å²) in [5.74, 6) is 0.724. The fourth-order valence-corrected chi connectivity index (χ4v) is 3.00. The van der Waals surface area contributed by atoms with Crippen molar-refractivity contribution in [2.45, 2.75) is 25.8 Å². The number of hydrogen-bond acceptors (Lipinski definition) is 3. The Balaban J connectivity index is 1.93. The van der Waals surface area contributed by atoms with Crippen LogP contribution in [0, 0.1) is 17.2 Å². The van der Waals surface area contributed by atoms with Crippen LogP contribution in [0.25, 0.3) is 11.1 Å². The lowest BCUT2D eigenvalue weighted by Crippen LogP contribution is -2.22. The lowest BCUT2D eigenvalue weighted by atomic mass is 9.99. The van der Waals surface area contributed by atoms with Crippen molar-refractivity contribution >= 4 is 11.6 Å². The molecule has 1 saturated carbocycles.